The first-order chi connectivity index (χ1) is 24.4. The topological polar surface area (TPSA) is 208 Å². The lowest BCUT2D eigenvalue weighted by Crippen LogP contribution is -2.43. The Bertz CT molecular complexity index is 2300. The number of halogens is 2. The molecule has 0 radical (unpaired) electrons. The van der Waals surface area contributed by atoms with E-state index >= 15 is 8.78 Å². The molecule has 0 spiro atoms. The van der Waals surface area contributed by atoms with Gasteiger partial charge in [-0.2, -0.15) is 0 Å². The molecule has 0 fully saturated rings. The van der Waals surface area contributed by atoms with Crippen LogP contribution in [-0.2, 0) is 46.1 Å². The lowest BCUT2D eigenvalue weighted by atomic mass is 10.0. The fourth-order valence-corrected chi connectivity index (χ4v) is 6.36. The van der Waals surface area contributed by atoms with Crippen LogP contribution in [0.5, 0.6) is 0 Å². The van der Waals surface area contributed by atoms with Gasteiger partial charge in [0.1, 0.15) is 28.3 Å². The number of carboxylic acids is 1. The Hall–Kier alpha value is -5.75. The lowest BCUT2D eigenvalue weighted by molar-refractivity contribution is -0.139. The lowest BCUT2D eigenvalue weighted by Gasteiger charge is -2.20. The number of amides is 2. The zero-order valence-electron chi connectivity index (χ0n) is 28.3. The van der Waals surface area contributed by atoms with Gasteiger partial charge in [-0.25, -0.2) is 36.3 Å². The number of aromatic nitrogens is 3. The van der Waals surface area contributed by atoms with Gasteiger partial charge in [0.15, 0.2) is 0 Å². The fourth-order valence-electron chi connectivity index (χ4n) is 5.35. The highest BCUT2D eigenvalue weighted by molar-refractivity contribution is 7.92. The summed E-state index contributed by atoms with van der Waals surface area (Å²) in [4.78, 5) is 66.7. The van der Waals surface area contributed by atoms with Crippen molar-refractivity contribution in [2.75, 3.05) is 11.3 Å². The summed E-state index contributed by atoms with van der Waals surface area (Å²) in [6.45, 7) is 5.69. The molecule has 2 aromatic heterocycles. The number of aliphatic carboxylic acids is 1. The van der Waals surface area contributed by atoms with Crippen LogP contribution in [0.3, 0.4) is 0 Å². The van der Waals surface area contributed by atoms with E-state index < -0.39 is 78.4 Å². The van der Waals surface area contributed by atoms with Crippen molar-refractivity contribution in [3.05, 3.63) is 115 Å². The van der Waals surface area contributed by atoms with E-state index in [1.54, 1.807) is 20.8 Å². The molecule has 0 saturated carbocycles. The van der Waals surface area contributed by atoms with Crippen molar-refractivity contribution in [1.29, 1.82) is 0 Å². The minimum absolute atomic E-state index is 0.0801. The molecule has 3 heterocycles. The first-order valence-corrected chi connectivity index (χ1v) is 17.2. The predicted molar refractivity (Wildman–Crippen MR) is 182 cm³/mol. The van der Waals surface area contributed by atoms with Gasteiger partial charge in [0.25, 0.3) is 27.4 Å². The summed E-state index contributed by atoms with van der Waals surface area (Å²) in [6, 6.07) is 7.19. The number of nitrogens with one attached hydrogen (secondary N) is 3. The second-order valence-electron chi connectivity index (χ2n) is 12.9. The molecule has 274 valence electrons. The van der Waals surface area contributed by atoms with Crippen LogP contribution in [0.2, 0.25) is 0 Å². The van der Waals surface area contributed by atoms with Crippen LogP contribution in [0.1, 0.15) is 58.4 Å². The third-order valence-electron chi connectivity index (χ3n) is 7.98. The van der Waals surface area contributed by atoms with Crippen molar-refractivity contribution in [3.8, 4) is 5.69 Å². The number of hydrogen-bond acceptors (Lipinski definition) is 9. The smallest absolute Gasteiger partial charge is 0.335 e. The summed E-state index contributed by atoms with van der Waals surface area (Å²) in [6.07, 6.45) is 0.874. The highest BCUT2D eigenvalue weighted by Crippen LogP contribution is 2.23. The molecule has 0 saturated heterocycles. The van der Waals surface area contributed by atoms with Crippen LogP contribution in [0.25, 0.3) is 5.69 Å². The first-order valence-electron chi connectivity index (χ1n) is 15.7. The van der Waals surface area contributed by atoms with Gasteiger partial charge < -0.3 is 20.5 Å². The monoisotopic (exact) mass is 740 g/mol. The van der Waals surface area contributed by atoms with E-state index in [9.17, 15) is 37.5 Å². The molecule has 0 bridgehead atoms. The van der Waals surface area contributed by atoms with E-state index in [-0.39, 0.29) is 24.4 Å². The van der Waals surface area contributed by atoms with Gasteiger partial charge >= 0.3 is 11.7 Å². The van der Waals surface area contributed by atoms with Gasteiger partial charge in [-0.15, -0.1) is 0 Å². The van der Waals surface area contributed by atoms with Crippen molar-refractivity contribution < 1.29 is 41.4 Å². The average Bonchev–Trinajstić information content (AvgIpc) is 3.08. The highest BCUT2D eigenvalue weighted by Gasteiger charge is 2.27. The van der Waals surface area contributed by atoms with Gasteiger partial charge in [-0.1, -0.05) is 12.1 Å². The SMILES string of the molecule is Cn1c2c(c(=O)n(-c3ccc(C[C@H](NC(=O)c4cc(F)c(NS(=O)(=O)c5ccc(C(=O)NC(C)(C)C)nc5)cc4F)C(=O)O)cc3)c1=O)CCOC2. The van der Waals surface area contributed by atoms with E-state index in [4.69, 9.17) is 4.74 Å². The Morgan fingerprint density at radius 1 is 1.02 bits per heavy atom. The molecule has 18 heteroatoms. The Kier molecular flexibility index (Phi) is 10.4. The van der Waals surface area contributed by atoms with Crippen LogP contribution >= 0.6 is 0 Å². The molecule has 0 unspecified atom stereocenters. The number of ether oxygens (including phenoxy) is 1. The number of pyridine rings is 1. The molecule has 2 amide bonds. The van der Waals surface area contributed by atoms with Crippen molar-refractivity contribution in [2.45, 2.75) is 56.7 Å². The minimum atomic E-state index is -4.53. The number of benzene rings is 2. The van der Waals surface area contributed by atoms with Crippen molar-refractivity contribution >= 4 is 33.5 Å². The summed E-state index contributed by atoms with van der Waals surface area (Å²) in [5.41, 5.74) is -1.97. The third-order valence-corrected chi connectivity index (χ3v) is 9.33. The number of nitrogens with zero attached hydrogens (tertiary/aromatic N) is 3. The van der Waals surface area contributed by atoms with Crippen molar-refractivity contribution in [2.24, 2.45) is 7.05 Å². The number of rotatable bonds is 10. The van der Waals surface area contributed by atoms with Crippen molar-refractivity contribution in [1.82, 2.24) is 24.8 Å². The number of anilines is 1. The molecule has 4 N–H and O–H groups in total. The molecular weight excluding hydrogens is 706 g/mol. The molecule has 1 atom stereocenters. The van der Waals surface area contributed by atoms with Crippen LogP contribution in [0.4, 0.5) is 14.5 Å². The van der Waals surface area contributed by atoms with Gasteiger partial charge in [0, 0.05) is 43.3 Å². The Morgan fingerprint density at radius 3 is 2.33 bits per heavy atom. The number of sulfonamides is 1. The maximum atomic E-state index is 15.1. The number of carbonyl (C=O) groups excluding carboxylic acids is 2. The first kappa shape index (κ1) is 37.5. The zero-order chi connectivity index (χ0) is 38.1. The average molecular weight is 741 g/mol. The second kappa shape index (κ2) is 14.5. The highest BCUT2D eigenvalue weighted by atomic mass is 32.2. The Balaban J connectivity index is 1.29. The van der Waals surface area contributed by atoms with Crippen molar-refractivity contribution in [3.63, 3.8) is 0 Å². The normalized spacial score (nSPS) is 13.5. The number of fused-ring (bicyclic) bond motifs is 1. The molecule has 1 aliphatic rings. The molecule has 5 rings (SSSR count). The number of carboxylic acid groups (broad SMARTS) is 1. The largest absolute Gasteiger partial charge is 0.480 e. The maximum Gasteiger partial charge on any atom is 0.335 e. The number of carbonyl (C=O) groups is 3. The minimum Gasteiger partial charge on any atom is -0.480 e. The van der Waals surface area contributed by atoms with Crippen LogP contribution in [0.15, 0.2) is 69.2 Å². The van der Waals surface area contributed by atoms with Gasteiger partial charge in [-0.3, -0.25) is 23.7 Å². The van der Waals surface area contributed by atoms with Crippen LogP contribution < -0.4 is 26.6 Å². The number of hydrogen-bond donors (Lipinski definition) is 4. The summed E-state index contributed by atoms with van der Waals surface area (Å²) >= 11 is 0. The Labute approximate surface area is 295 Å². The summed E-state index contributed by atoms with van der Waals surface area (Å²) in [7, 11) is -3.01. The predicted octanol–water partition coefficient (Wildman–Crippen LogP) is 2.04. The molecule has 0 aliphatic carbocycles. The van der Waals surface area contributed by atoms with E-state index in [0.717, 1.165) is 22.9 Å². The third kappa shape index (κ3) is 8.07. The maximum absolute atomic E-state index is 15.1. The quantitative estimate of drug-likeness (QED) is 0.186. The molecule has 2 aromatic carbocycles. The van der Waals surface area contributed by atoms with Crippen LogP contribution in [-0.4, -0.2) is 63.6 Å². The molecular formula is C34H34F2N6O9S. The Morgan fingerprint density at radius 2 is 1.71 bits per heavy atom. The molecule has 4 aromatic rings. The van der Waals surface area contributed by atoms with Gasteiger partial charge in [0.2, 0.25) is 0 Å². The summed E-state index contributed by atoms with van der Waals surface area (Å²) < 4.78 is 65.4. The van der Waals surface area contributed by atoms with E-state index in [1.165, 1.54) is 35.9 Å². The second-order valence-corrected chi connectivity index (χ2v) is 14.6. The van der Waals surface area contributed by atoms with E-state index in [2.05, 4.69) is 15.6 Å². The van der Waals surface area contributed by atoms with Gasteiger partial charge in [-0.05, 0) is 56.7 Å². The molecule has 1 aliphatic heterocycles. The summed E-state index contributed by atoms with van der Waals surface area (Å²) in [5, 5.41) is 14.6. The zero-order valence-corrected chi connectivity index (χ0v) is 29.1. The van der Waals surface area contributed by atoms with Gasteiger partial charge in [0.05, 0.1) is 35.8 Å². The summed E-state index contributed by atoms with van der Waals surface area (Å²) in [5.74, 6) is -6.06. The van der Waals surface area contributed by atoms with E-state index in [1.807, 2.05) is 4.72 Å². The van der Waals surface area contributed by atoms with E-state index in [0.29, 0.717) is 42.0 Å². The molecule has 15 nitrogen and oxygen atoms in total. The van der Waals surface area contributed by atoms with Crippen LogP contribution in [0, 0.1) is 11.6 Å². The fraction of sp³-hybridized carbons (Fsp3) is 0.294. The standard InChI is InChI=1S/C34H34F2N6O9S/c1-34(2,3)39-30(44)25-10-9-20(16-37-25)52(49,50)40-26-15-23(35)22(14-24(26)36)29(43)38-27(32(46)47)13-18-5-7-19(8-6-18)42-31(45)21-11-12-51-17-28(21)41(4)33(42)48/h5-10,14-16,27,40H,11-13,17H2,1-4H3,(H,38,43)(H,39,44)(H,46,47)/t27-/m0/s1. The molecule has 52 heavy (non-hydrogen) atoms.